The Labute approximate surface area is 191 Å². The first kappa shape index (κ1) is 23.3. The lowest BCUT2D eigenvalue weighted by Gasteiger charge is -2.31. The van der Waals surface area contributed by atoms with Gasteiger partial charge in [0.15, 0.2) is 23.9 Å². The number of rotatable bonds is 9. The van der Waals surface area contributed by atoms with E-state index in [1.54, 1.807) is 0 Å². The molecule has 1 N–H and O–H groups in total. The molecule has 32 heavy (non-hydrogen) atoms. The Morgan fingerprint density at radius 1 is 1.09 bits per heavy atom. The summed E-state index contributed by atoms with van der Waals surface area (Å²) in [4.78, 5) is 14.3. The Bertz CT molecular complexity index is 744. The molecule has 1 atom stereocenters. The van der Waals surface area contributed by atoms with Crippen molar-refractivity contribution in [3.05, 3.63) is 23.8 Å². The molecular formula is C25H38N2O5. The van der Waals surface area contributed by atoms with Crippen molar-refractivity contribution < 1.29 is 23.7 Å². The summed E-state index contributed by atoms with van der Waals surface area (Å²) in [6, 6.07) is 5.91. The fraction of sp³-hybridized carbons (Fsp3) is 0.720. The van der Waals surface area contributed by atoms with Crippen LogP contribution in [0, 0.1) is 0 Å². The highest BCUT2D eigenvalue weighted by molar-refractivity contribution is 5.78. The minimum Gasteiger partial charge on any atom is -0.490 e. The molecule has 0 aromatic heterocycles. The second-order valence-electron chi connectivity index (χ2n) is 9.10. The molecule has 1 spiro atoms. The van der Waals surface area contributed by atoms with Gasteiger partial charge in [0.25, 0.3) is 5.91 Å². The molecule has 0 unspecified atom stereocenters. The van der Waals surface area contributed by atoms with E-state index in [9.17, 15) is 4.79 Å². The van der Waals surface area contributed by atoms with Crippen molar-refractivity contribution in [1.82, 2.24) is 10.2 Å². The molecule has 2 saturated heterocycles. The molecular weight excluding hydrogens is 408 g/mol. The van der Waals surface area contributed by atoms with Crippen molar-refractivity contribution in [1.29, 1.82) is 0 Å². The van der Waals surface area contributed by atoms with Crippen molar-refractivity contribution in [2.45, 2.75) is 76.7 Å². The predicted molar refractivity (Wildman–Crippen MR) is 122 cm³/mol. The van der Waals surface area contributed by atoms with Gasteiger partial charge in [0.2, 0.25) is 0 Å². The Morgan fingerprint density at radius 2 is 1.88 bits per heavy atom. The second kappa shape index (κ2) is 11.3. The molecule has 3 aliphatic rings. The molecule has 1 aromatic rings. The average molecular weight is 447 g/mol. The van der Waals surface area contributed by atoms with E-state index in [2.05, 4.69) is 5.32 Å². The van der Waals surface area contributed by atoms with Crippen LogP contribution in [0.1, 0.15) is 63.9 Å². The van der Waals surface area contributed by atoms with Gasteiger partial charge < -0.3 is 29.2 Å². The smallest absolute Gasteiger partial charge is 0.260 e. The fourth-order valence-electron chi connectivity index (χ4n) is 4.87. The molecule has 3 fully saturated rings. The highest BCUT2D eigenvalue weighted by atomic mass is 16.7. The van der Waals surface area contributed by atoms with Gasteiger partial charge in [-0.05, 0) is 56.7 Å². The number of hydrogen-bond donors (Lipinski definition) is 1. The number of amides is 1. The molecule has 7 heteroatoms. The summed E-state index contributed by atoms with van der Waals surface area (Å²) < 4.78 is 23.9. The zero-order valence-electron chi connectivity index (χ0n) is 19.4. The first-order chi connectivity index (χ1) is 15.7. The van der Waals surface area contributed by atoms with Gasteiger partial charge in [-0.1, -0.05) is 12.5 Å². The molecule has 0 radical (unpaired) electrons. The monoisotopic (exact) mass is 446 g/mol. The van der Waals surface area contributed by atoms with E-state index in [1.165, 1.54) is 25.7 Å². The van der Waals surface area contributed by atoms with Gasteiger partial charge >= 0.3 is 0 Å². The maximum atomic E-state index is 12.4. The number of nitrogens with one attached hydrogen (secondary N) is 1. The normalized spacial score (nSPS) is 22.8. The van der Waals surface area contributed by atoms with Gasteiger partial charge in [-0.2, -0.15) is 0 Å². The number of benzene rings is 1. The van der Waals surface area contributed by atoms with Crippen LogP contribution >= 0.6 is 0 Å². The maximum Gasteiger partial charge on any atom is 0.260 e. The van der Waals surface area contributed by atoms with Gasteiger partial charge in [-0.3, -0.25) is 4.79 Å². The number of hydrogen-bond acceptors (Lipinski definition) is 6. The lowest BCUT2D eigenvalue weighted by atomic mass is 9.94. The highest BCUT2D eigenvalue weighted by Gasteiger charge is 2.41. The minimum atomic E-state index is -0.322. The van der Waals surface area contributed by atoms with E-state index in [4.69, 9.17) is 18.9 Å². The molecule has 178 valence electrons. The Kier molecular flexibility index (Phi) is 8.27. The lowest BCUT2D eigenvalue weighted by molar-refractivity contribution is -0.186. The average Bonchev–Trinajstić information content (AvgIpc) is 3.21. The second-order valence-corrected chi connectivity index (χ2v) is 9.10. The molecule has 0 bridgehead atoms. The highest BCUT2D eigenvalue weighted by Crippen LogP contribution is 2.37. The zero-order valence-corrected chi connectivity index (χ0v) is 19.4. The van der Waals surface area contributed by atoms with E-state index in [0.29, 0.717) is 31.3 Å². The maximum absolute atomic E-state index is 12.4. The van der Waals surface area contributed by atoms with Crippen LogP contribution in [0.4, 0.5) is 0 Å². The van der Waals surface area contributed by atoms with Crippen molar-refractivity contribution in [2.24, 2.45) is 0 Å². The number of nitrogens with zero attached hydrogens (tertiary/aromatic N) is 1. The van der Waals surface area contributed by atoms with E-state index in [-0.39, 0.29) is 24.4 Å². The SMILES string of the molecule is CCOc1cc(CNC[C@@H]2COC3(CCCCC3)O2)ccc1OCC(=O)N1CCCCC1. The number of carbonyl (C=O) groups is 1. The fourth-order valence-corrected chi connectivity index (χ4v) is 4.87. The summed E-state index contributed by atoms with van der Waals surface area (Å²) in [5.41, 5.74) is 1.11. The van der Waals surface area contributed by atoms with Crippen molar-refractivity contribution in [3.63, 3.8) is 0 Å². The standard InChI is InChI=1S/C25H38N2O5/c1-2-29-23-15-20(9-10-22(23)30-19-24(28)27-13-7-4-8-14-27)16-26-17-21-18-31-25(32-21)11-5-3-6-12-25/h9-10,15,21,26H,2-8,11-14,16-19H2,1H3/t21-/m1/s1. The number of carbonyl (C=O) groups excluding carboxylic acids is 1. The van der Waals surface area contributed by atoms with Crippen LogP contribution in [0.2, 0.25) is 0 Å². The minimum absolute atomic E-state index is 0.0485. The number of ether oxygens (including phenoxy) is 4. The number of piperidine rings is 1. The third-order valence-electron chi connectivity index (χ3n) is 6.60. The van der Waals surface area contributed by atoms with E-state index < -0.39 is 0 Å². The van der Waals surface area contributed by atoms with Crippen LogP contribution in [-0.2, 0) is 20.8 Å². The van der Waals surface area contributed by atoms with Crippen LogP contribution in [-0.4, -0.2) is 62.2 Å². The van der Waals surface area contributed by atoms with Gasteiger partial charge in [-0.15, -0.1) is 0 Å². The van der Waals surface area contributed by atoms with Crippen molar-refractivity contribution in [2.75, 3.05) is 39.5 Å². The van der Waals surface area contributed by atoms with Crippen LogP contribution in [0.5, 0.6) is 11.5 Å². The van der Waals surface area contributed by atoms with Gasteiger partial charge in [0, 0.05) is 39.0 Å². The molecule has 4 rings (SSSR count). The lowest BCUT2D eigenvalue weighted by Crippen LogP contribution is -2.38. The third-order valence-corrected chi connectivity index (χ3v) is 6.60. The molecule has 2 aliphatic heterocycles. The van der Waals surface area contributed by atoms with Crippen LogP contribution in [0.15, 0.2) is 18.2 Å². The quantitative estimate of drug-likeness (QED) is 0.625. The summed E-state index contributed by atoms with van der Waals surface area (Å²) in [7, 11) is 0. The summed E-state index contributed by atoms with van der Waals surface area (Å²) in [5, 5.41) is 3.49. The summed E-state index contributed by atoms with van der Waals surface area (Å²) in [6.45, 7) is 6.35. The van der Waals surface area contributed by atoms with Gasteiger partial charge in [-0.25, -0.2) is 0 Å². The van der Waals surface area contributed by atoms with E-state index >= 15 is 0 Å². The van der Waals surface area contributed by atoms with Gasteiger partial charge in [0.05, 0.1) is 19.3 Å². The Hall–Kier alpha value is -1.83. The molecule has 1 amide bonds. The largest absolute Gasteiger partial charge is 0.490 e. The van der Waals surface area contributed by atoms with Crippen LogP contribution < -0.4 is 14.8 Å². The van der Waals surface area contributed by atoms with Crippen LogP contribution in [0.25, 0.3) is 0 Å². The first-order valence-corrected chi connectivity index (χ1v) is 12.4. The molecule has 1 saturated carbocycles. The van der Waals surface area contributed by atoms with E-state index in [0.717, 1.165) is 50.9 Å². The topological polar surface area (TPSA) is 69.3 Å². The molecule has 2 heterocycles. The Morgan fingerprint density at radius 3 is 2.66 bits per heavy atom. The summed E-state index contributed by atoms with van der Waals surface area (Å²) in [5.74, 6) is 1.03. The third kappa shape index (κ3) is 6.15. The summed E-state index contributed by atoms with van der Waals surface area (Å²) in [6.07, 6.45) is 9.17. The predicted octanol–water partition coefficient (Wildman–Crippen LogP) is 3.64. The zero-order chi connectivity index (χ0) is 22.2. The summed E-state index contributed by atoms with van der Waals surface area (Å²) >= 11 is 0. The van der Waals surface area contributed by atoms with Crippen LogP contribution in [0.3, 0.4) is 0 Å². The Balaban J connectivity index is 1.25. The molecule has 7 nitrogen and oxygen atoms in total. The van der Waals surface area contributed by atoms with E-state index in [1.807, 2.05) is 30.0 Å². The van der Waals surface area contributed by atoms with Crippen molar-refractivity contribution >= 4 is 5.91 Å². The molecule has 1 aromatic carbocycles. The van der Waals surface area contributed by atoms with Crippen molar-refractivity contribution in [3.8, 4) is 11.5 Å². The first-order valence-electron chi connectivity index (χ1n) is 12.4. The van der Waals surface area contributed by atoms with Gasteiger partial charge in [0.1, 0.15) is 0 Å². The number of likely N-dealkylation sites (tertiary alicyclic amines) is 1. The molecule has 1 aliphatic carbocycles.